The highest BCUT2D eigenvalue weighted by molar-refractivity contribution is 5.94. The van der Waals surface area contributed by atoms with E-state index in [0.29, 0.717) is 12.0 Å². The molecular formula is C21H20N2O2. The zero-order valence-electron chi connectivity index (χ0n) is 14.1. The van der Waals surface area contributed by atoms with Gasteiger partial charge >= 0.3 is 0 Å². The summed E-state index contributed by atoms with van der Waals surface area (Å²) in [6.07, 6.45) is 2.25. The topological polar surface area (TPSA) is 51.1 Å². The second-order valence-electron chi connectivity index (χ2n) is 5.99. The summed E-state index contributed by atoms with van der Waals surface area (Å²) in [6, 6.07) is 22.8. The highest BCUT2D eigenvalue weighted by Gasteiger charge is 2.16. The number of benzene rings is 2. The Hall–Kier alpha value is -3.14. The third kappa shape index (κ3) is 4.23. The van der Waals surface area contributed by atoms with Crippen molar-refractivity contribution in [2.45, 2.75) is 12.5 Å². The molecule has 0 bridgehead atoms. The van der Waals surface area contributed by atoms with E-state index in [2.05, 4.69) is 5.32 Å². The van der Waals surface area contributed by atoms with Crippen LogP contribution in [0.2, 0.25) is 0 Å². The first-order valence-electron chi connectivity index (χ1n) is 8.20. The number of nitrogens with one attached hydrogen (secondary N) is 1. The molecule has 1 amide bonds. The smallest absolute Gasteiger partial charge is 0.253 e. The van der Waals surface area contributed by atoms with Crippen molar-refractivity contribution >= 4 is 5.91 Å². The van der Waals surface area contributed by atoms with Crippen molar-refractivity contribution in [3.05, 3.63) is 106 Å². The number of pyridine rings is 1. The van der Waals surface area contributed by atoms with Crippen molar-refractivity contribution in [1.82, 2.24) is 9.88 Å². The molecule has 0 radical (unpaired) electrons. The number of carbonyl (C=O) groups is 1. The normalized spacial score (nSPS) is 11.7. The monoisotopic (exact) mass is 332 g/mol. The van der Waals surface area contributed by atoms with E-state index in [1.807, 2.05) is 60.7 Å². The fourth-order valence-electron chi connectivity index (χ4n) is 2.76. The summed E-state index contributed by atoms with van der Waals surface area (Å²) >= 11 is 0. The summed E-state index contributed by atoms with van der Waals surface area (Å²) in [5, 5.41) is 3.09. The van der Waals surface area contributed by atoms with Crippen LogP contribution in [0.25, 0.3) is 0 Å². The Balaban J connectivity index is 1.85. The SMILES string of the molecule is Cn1cc(C(=O)N[C@H](Cc2ccccc2)c2ccccc2)ccc1=O. The number of amides is 1. The van der Waals surface area contributed by atoms with E-state index in [1.165, 1.54) is 10.6 Å². The Bertz CT molecular complexity index is 902. The molecule has 1 N–H and O–H groups in total. The minimum atomic E-state index is -0.194. The van der Waals surface area contributed by atoms with Crippen molar-refractivity contribution in [2.75, 3.05) is 0 Å². The molecule has 1 heterocycles. The molecule has 0 saturated heterocycles. The molecule has 0 aliphatic heterocycles. The molecule has 3 aromatic rings. The van der Waals surface area contributed by atoms with Crippen LogP contribution in [0.1, 0.15) is 27.5 Å². The third-order valence-electron chi connectivity index (χ3n) is 4.14. The van der Waals surface area contributed by atoms with Crippen LogP contribution in [0, 0.1) is 0 Å². The minimum absolute atomic E-state index is 0.138. The number of hydrogen-bond acceptors (Lipinski definition) is 2. The maximum atomic E-state index is 12.7. The van der Waals surface area contributed by atoms with Gasteiger partial charge in [0.2, 0.25) is 5.56 Å². The highest BCUT2D eigenvalue weighted by atomic mass is 16.2. The fourth-order valence-corrected chi connectivity index (χ4v) is 2.76. The number of hydrogen-bond donors (Lipinski definition) is 1. The molecule has 1 aromatic heterocycles. The van der Waals surface area contributed by atoms with Gasteiger partial charge in [-0.3, -0.25) is 9.59 Å². The van der Waals surface area contributed by atoms with Crippen molar-refractivity contribution in [3.8, 4) is 0 Å². The third-order valence-corrected chi connectivity index (χ3v) is 4.14. The lowest BCUT2D eigenvalue weighted by Crippen LogP contribution is -2.31. The first kappa shape index (κ1) is 16.7. The number of carbonyl (C=O) groups excluding carboxylic acids is 1. The Labute approximate surface area is 146 Å². The average molecular weight is 332 g/mol. The van der Waals surface area contributed by atoms with Gasteiger partial charge in [-0.2, -0.15) is 0 Å². The first-order chi connectivity index (χ1) is 12.1. The van der Waals surface area contributed by atoms with Crippen molar-refractivity contribution in [1.29, 1.82) is 0 Å². The van der Waals surface area contributed by atoms with Gasteiger partial charge in [0.15, 0.2) is 0 Å². The molecule has 4 heteroatoms. The largest absolute Gasteiger partial charge is 0.345 e. The van der Waals surface area contributed by atoms with Gasteiger partial charge in [0.05, 0.1) is 11.6 Å². The Morgan fingerprint density at radius 3 is 2.24 bits per heavy atom. The molecule has 2 aromatic carbocycles. The molecule has 0 spiro atoms. The van der Waals surface area contributed by atoms with E-state index in [4.69, 9.17) is 0 Å². The number of rotatable bonds is 5. The predicted octanol–water partition coefficient (Wildman–Crippen LogP) is 3.10. The average Bonchev–Trinajstić information content (AvgIpc) is 2.65. The lowest BCUT2D eigenvalue weighted by Gasteiger charge is -2.20. The minimum Gasteiger partial charge on any atom is -0.345 e. The summed E-state index contributed by atoms with van der Waals surface area (Å²) in [7, 11) is 1.64. The lowest BCUT2D eigenvalue weighted by atomic mass is 9.98. The van der Waals surface area contributed by atoms with Gasteiger partial charge in [0, 0.05) is 19.3 Å². The van der Waals surface area contributed by atoms with E-state index < -0.39 is 0 Å². The molecule has 0 saturated carbocycles. The second kappa shape index (κ2) is 7.62. The Morgan fingerprint density at radius 2 is 1.60 bits per heavy atom. The molecular weight excluding hydrogens is 312 g/mol. The Morgan fingerprint density at radius 1 is 0.960 bits per heavy atom. The van der Waals surface area contributed by atoms with E-state index >= 15 is 0 Å². The zero-order chi connectivity index (χ0) is 17.6. The van der Waals surface area contributed by atoms with Crippen LogP contribution in [-0.4, -0.2) is 10.5 Å². The van der Waals surface area contributed by atoms with E-state index in [9.17, 15) is 9.59 Å². The van der Waals surface area contributed by atoms with Crippen LogP contribution in [-0.2, 0) is 13.5 Å². The molecule has 1 atom stereocenters. The van der Waals surface area contributed by atoms with Crippen LogP contribution in [0.15, 0.2) is 83.8 Å². The van der Waals surface area contributed by atoms with Gasteiger partial charge in [-0.1, -0.05) is 60.7 Å². The summed E-state index contributed by atoms with van der Waals surface area (Å²) in [6.45, 7) is 0. The summed E-state index contributed by atoms with van der Waals surface area (Å²) < 4.78 is 1.41. The molecule has 0 fully saturated rings. The zero-order valence-corrected chi connectivity index (χ0v) is 14.1. The molecule has 0 unspecified atom stereocenters. The van der Waals surface area contributed by atoms with Crippen LogP contribution in [0.5, 0.6) is 0 Å². The van der Waals surface area contributed by atoms with Gasteiger partial charge in [-0.25, -0.2) is 0 Å². The fraction of sp³-hybridized carbons (Fsp3) is 0.143. The predicted molar refractivity (Wildman–Crippen MR) is 98.5 cm³/mol. The lowest BCUT2D eigenvalue weighted by molar-refractivity contribution is 0.0935. The maximum Gasteiger partial charge on any atom is 0.253 e. The van der Waals surface area contributed by atoms with Crippen molar-refractivity contribution < 1.29 is 4.79 Å². The standard InChI is InChI=1S/C21H20N2O2/c1-23-15-18(12-13-20(23)24)21(25)22-19(17-10-6-3-7-11-17)14-16-8-4-2-5-9-16/h2-13,15,19H,14H2,1H3,(H,22,25)/t19-/m1/s1. The molecule has 3 rings (SSSR count). The van der Waals surface area contributed by atoms with Crippen molar-refractivity contribution in [2.24, 2.45) is 7.05 Å². The molecule has 4 nitrogen and oxygen atoms in total. The molecule has 126 valence electrons. The van der Waals surface area contributed by atoms with Crippen LogP contribution < -0.4 is 10.9 Å². The van der Waals surface area contributed by atoms with Gasteiger partial charge in [-0.05, 0) is 23.6 Å². The molecule has 0 aliphatic rings. The van der Waals surface area contributed by atoms with Crippen LogP contribution in [0.3, 0.4) is 0 Å². The van der Waals surface area contributed by atoms with E-state index in [1.54, 1.807) is 19.3 Å². The van der Waals surface area contributed by atoms with Gasteiger partial charge < -0.3 is 9.88 Å². The van der Waals surface area contributed by atoms with E-state index in [0.717, 1.165) is 11.1 Å². The summed E-state index contributed by atoms with van der Waals surface area (Å²) in [5.74, 6) is -0.194. The molecule has 25 heavy (non-hydrogen) atoms. The number of aromatic nitrogens is 1. The van der Waals surface area contributed by atoms with E-state index in [-0.39, 0.29) is 17.5 Å². The van der Waals surface area contributed by atoms with Crippen molar-refractivity contribution in [3.63, 3.8) is 0 Å². The second-order valence-corrected chi connectivity index (χ2v) is 5.99. The summed E-state index contributed by atoms with van der Waals surface area (Å²) in [4.78, 5) is 24.2. The van der Waals surface area contributed by atoms with Gasteiger partial charge in [0.25, 0.3) is 5.91 Å². The first-order valence-corrected chi connectivity index (χ1v) is 8.20. The maximum absolute atomic E-state index is 12.7. The summed E-state index contributed by atoms with van der Waals surface area (Å²) in [5.41, 5.74) is 2.53. The number of aryl methyl sites for hydroxylation is 1. The van der Waals surface area contributed by atoms with Crippen LogP contribution >= 0.6 is 0 Å². The van der Waals surface area contributed by atoms with Crippen LogP contribution in [0.4, 0.5) is 0 Å². The number of nitrogens with zero attached hydrogens (tertiary/aromatic N) is 1. The van der Waals surface area contributed by atoms with Gasteiger partial charge in [-0.15, -0.1) is 0 Å². The quantitative estimate of drug-likeness (QED) is 0.780. The Kier molecular flexibility index (Phi) is 5.09. The highest BCUT2D eigenvalue weighted by Crippen LogP contribution is 2.19. The van der Waals surface area contributed by atoms with Gasteiger partial charge in [0.1, 0.15) is 0 Å². The molecule has 0 aliphatic carbocycles.